The second kappa shape index (κ2) is 5.43. The van der Waals surface area contributed by atoms with Gasteiger partial charge in [0.25, 0.3) is 15.7 Å². The van der Waals surface area contributed by atoms with Crippen LogP contribution in [0.5, 0.6) is 0 Å². The van der Waals surface area contributed by atoms with E-state index in [1.54, 1.807) is 12.1 Å². The van der Waals surface area contributed by atoms with Crippen molar-refractivity contribution in [2.45, 2.75) is 4.90 Å². The van der Waals surface area contributed by atoms with E-state index in [0.717, 1.165) is 12.1 Å². The average molecular weight is 314 g/mol. The Hall–Kier alpha value is -2.19. The molecule has 0 atom stereocenters. The molecule has 1 N–H and O–H groups in total. The van der Waals surface area contributed by atoms with Gasteiger partial charge in [-0.2, -0.15) is 0 Å². The van der Waals surface area contributed by atoms with Crippen molar-refractivity contribution in [2.75, 3.05) is 4.72 Å². The molecule has 104 valence electrons. The van der Waals surface area contributed by atoms with Crippen LogP contribution in [0.2, 0.25) is 5.02 Å². The monoisotopic (exact) mass is 313 g/mol. The molecule has 20 heavy (non-hydrogen) atoms. The number of anilines is 1. The number of hydrogen-bond donors (Lipinski definition) is 1. The normalized spacial score (nSPS) is 11.1. The molecule has 2 rings (SSSR count). The molecule has 0 aliphatic carbocycles. The van der Waals surface area contributed by atoms with E-state index in [1.165, 1.54) is 18.3 Å². The second-order valence-electron chi connectivity index (χ2n) is 3.69. The molecule has 0 fully saturated rings. The number of nitrogens with zero attached hydrogens (tertiary/aromatic N) is 2. The van der Waals surface area contributed by atoms with Crippen LogP contribution < -0.4 is 4.72 Å². The summed E-state index contributed by atoms with van der Waals surface area (Å²) in [5.41, 5.74) is -0.476. The third-order valence-electron chi connectivity index (χ3n) is 2.33. The highest BCUT2D eigenvalue weighted by Gasteiger charge is 2.20. The minimum absolute atomic E-state index is 0.116. The lowest BCUT2D eigenvalue weighted by molar-refractivity contribution is -0.384. The Morgan fingerprint density at radius 1 is 1.25 bits per heavy atom. The van der Waals surface area contributed by atoms with Gasteiger partial charge in [-0.25, -0.2) is 13.4 Å². The van der Waals surface area contributed by atoms with E-state index in [2.05, 4.69) is 9.71 Å². The van der Waals surface area contributed by atoms with Crippen LogP contribution in [0.25, 0.3) is 0 Å². The largest absolute Gasteiger partial charge is 0.289 e. The van der Waals surface area contributed by atoms with Gasteiger partial charge in [0.1, 0.15) is 10.8 Å². The SMILES string of the molecule is O=[N+]([O-])c1cc(S(=O)(=O)Nc2ccccn2)ccc1Cl. The fourth-order valence-corrected chi connectivity index (χ4v) is 2.63. The van der Waals surface area contributed by atoms with Crippen molar-refractivity contribution in [3.8, 4) is 0 Å². The van der Waals surface area contributed by atoms with E-state index < -0.39 is 20.6 Å². The van der Waals surface area contributed by atoms with E-state index in [4.69, 9.17) is 11.6 Å². The number of nitrogens with one attached hydrogen (secondary N) is 1. The van der Waals surface area contributed by atoms with Crippen LogP contribution in [0.15, 0.2) is 47.5 Å². The number of hydrogen-bond acceptors (Lipinski definition) is 5. The summed E-state index contributed by atoms with van der Waals surface area (Å²) >= 11 is 5.63. The molecule has 0 aliphatic rings. The Morgan fingerprint density at radius 2 is 2.00 bits per heavy atom. The summed E-state index contributed by atoms with van der Waals surface area (Å²) in [4.78, 5) is 13.6. The fourth-order valence-electron chi connectivity index (χ4n) is 1.42. The number of halogens is 1. The number of nitro groups is 1. The van der Waals surface area contributed by atoms with Crippen LogP contribution in [-0.4, -0.2) is 18.3 Å². The van der Waals surface area contributed by atoms with Gasteiger partial charge in [-0.15, -0.1) is 0 Å². The lowest BCUT2D eigenvalue weighted by Gasteiger charge is -2.07. The van der Waals surface area contributed by atoms with Crippen molar-refractivity contribution < 1.29 is 13.3 Å². The van der Waals surface area contributed by atoms with E-state index in [0.29, 0.717) is 0 Å². The van der Waals surface area contributed by atoms with Crippen molar-refractivity contribution in [3.05, 3.63) is 57.7 Å². The first-order valence-electron chi connectivity index (χ1n) is 5.28. The molecule has 0 saturated carbocycles. The zero-order valence-corrected chi connectivity index (χ0v) is 11.4. The van der Waals surface area contributed by atoms with Gasteiger partial charge >= 0.3 is 0 Å². The van der Waals surface area contributed by atoms with Crippen molar-refractivity contribution in [3.63, 3.8) is 0 Å². The third kappa shape index (κ3) is 3.03. The zero-order chi connectivity index (χ0) is 14.8. The average Bonchev–Trinajstić information content (AvgIpc) is 2.39. The topological polar surface area (TPSA) is 102 Å². The molecule has 0 spiro atoms. The first-order chi connectivity index (χ1) is 9.40. The molecule has 0 amide bonds. The highest BCUT2D eigenvalue weighted by atomic mass is 35.5. The smallest absolute Gasteiger partial charge is 0.263 e. The van der Waals surface area contributed by atoms with Gasteiger partial charge in [0.05, 0.1) is 9.82 Å². The summed E-state index contributed by atoms with van der Waals surface area (Å²) in [7, 11) is -3.96. The molecule has 1 aromatic heterocycles. The molecule has 0 bridgehead atoms. The predicted octanol–water partition coefficient (Wildman–Crippen LogP) is 2.44. The Balaban J connectivity index is 2.40. The lowest BCUT2D eigenvalue weighted by Crippen LogP contribution is -2.14. The molecule has 0 radical (unpaired) electrons. The van der Waals surface area contributed by atoms with Gasteiger partial charge in [-0.05, 0) is 24.3 Å². The van der Waals surface area contributed by atoms with Gasteiger partial charge in [0, 0.05) is 12.3 Å². The first-order valence-corrected chi connectivity index (χ1v) is 7.14. The molecule has 1 aromatic carbocycles. The van der Waals surface area contributed by atoms with Crippen LogP contribution in [-0.2, 0) is 10.0 Å². The summed E-state index contributed by atoms with van der Waals surface area (Å²) in [6.45, 7) is 0. The number of pyridine rings is 1. The summed E-state index contributed by atoms with van der Waals surface area (Å²) in [5.74, 6) is 0.116. The number of sulfonamides is 1. The molecule has 7 nitrogen and oxygen atoms in total. The molecule has 9 heteroatoms. The standard InChI is InChI=1S/C11H8ClN3O4S/c12-9-5-4-8(7-10(9)15(16)17)20(18,19)14-11-3-1-2-6-13-11/h1-7H,(H,13,14). The maximum absolute atomic E-state index is 12.1. The maximum Gasteiger partial charge on any atom is 0.289 e. The van der Waals surface area contributed by atoms with E-state index in [9.17, 15) is 18.5 Å². The van der Waals surface area contributed by atoms with Gasteiger partial charge in [0.2, 0.25) is 0 Å². The number of nitro benzene ring substituents is 1. The Morgan fingerprint density at radius 3 is 2.60 bits per heavy atom. The van der Waals surface area contributed by atoms with Crippen LogP contribution >= 0.6 is 11.6 Å². The van der Waals surface area contributed by atoms with Crippen LogP contribution in [0.3, 0.4) is 0 Å². The highest BCUT2D eigenvalue weighted by Crippen LogP contribution is 2.27. The molecule has 2 aromatic rings. The van der Waals surface area contributed by atoms with Gasteiger partial charge in [-0.3, -0.25) is 14.8 Å². The molecular formula is C11H8ClN3O4S. The molecule has 0 unspecified atom stereocenters. The summed E-state index contributed by atoms with van der Waals surface area (Å²) in [6.07, 6.45) is 1.42. The summed E-state index contributed by atoms with van der Waals surface area (Å²) in [6, 6.07) is 7.93. The minimum Gasteiger partial charge on any atom is -0.263 e. The Bertz CT molecular complexity index is 750. The number of benzene rings is 1. The van der Waals surface area contributed by atoms with Gasteiger partial charge < -0.3 is 0 Å². The second-order valence-corrected chi connectivity index (χ2v) is 5.78. The van der Waals surface area contributed by atoms with E-state index >= 15 is 0 Å². The van der Waals surface area contributed by atoms with Crippen LogP contribution in [0.1, 0.15) is 0 Å². The molecule has 0 aliphatic heterocycles. The highest BCUT2D eigenvalue weighted by molar-refractivity contribution is 7.92. The quantitative estimate of drug-likeness (QED) is 0.690. The van der Waals surface area contributed by atoms with E-state index in [1.807, 2.05) is 0 Å². The fraction of sp³-hybridized carbons (Fsp3) is 0. The van der Waals surface area contributed by atoms with Gasteiger partial charge in [-0.1, -0.05) is 17.7 Å². The Labute approximate surface area is 119 Å². The van der Waals surface area contributed by atoms with E-state index in [-0.39, 0.29) is 15.7 Å². The zero-order valence-electron chi connectivity index (χ0n) is 9.86. The molecule has 1 heterocycles. The third-order valence-corrected chi connectivity index (χ3v) is 4.00. The maximum atomic E-state index is 12.1. The lowest BCUT2D eigenvalue weighted by atomic mass is 10.3. The van der Waals surface area contributed by atoms with Crippen LogP contribution in [0.4, 0.5) is 11.5 Å². The summed E-state index contributed by atoms with van der Waals surface area (Å²) < 4.78 is 26.4. The minimum atomic E-state index is -3.96. The first kappa shape index (κ1) is 14.2. The number of aromatic nitrogens is 1. The van der Waals surface area contributed by atoms with Crippen molar-refractivity contribution in [1.82, 2.24) is 4.98 Å². The Kier molecular flexibility index (Phi) is 3.86. The molecule has 0 saturated heterocycles. The van der Waals surface area contributed by atoms with Crippen molar-refractivity contribution in [2.24, 2.45) is 0 Å². The van der Waals surface area contributed by atoms with Crippen molar-refractivity contribution >= 4 is 33.1 Å². The van der Waals surface area contributed by atoms with Crippen molar-refractivity contribution in [1.29, 1.82) is 0 Å². The number of rotatable bonds is 4. The summed E-state index contributed by atoms with van der Waals surface area (Å²) in [5, 5.41) is 10.6. The van der Waals surface area contributed by atoms with Gasteiger partial charge in [0.15, 0.2) is 0 Å². The van der Waals surface area contributed by atoms with Crippen LogP contribution in [0, 0.1) is 10.1 Å². The molecular weight excluding hydrogens is 306 g/mol. The predicted molar refractivity (Wildman–Crippen MR) is 73.2 cm³/mol.